The summed E-state index contributed by atoms with van der Waals surface area (Å²) in [6.07, 6.45) is 4.06. The van der Waals surface area contributed by atoms with Gasteiger partial charge in [0.05, 0.1) is 11.8 Å². The van der Waals surface area contributed by atoms with Crippen LogP contribution in [0.2, 0.25) is 0 Å². The Labute approximate surface area is 93.6 Å². The van der Waals surface area contributed by atoms with Crippen molar-refractivity contribution in [3.63, 3.8) is 0 Å². The summed E-state index contributed by atoms with van der Waals surface area (Å²) in [7, 11) is 0. The van der Waals surface area contributed by atoms with Gasteiger partial charge in [0.15, 0.2) is 5.82 Å². The molecule has 0 amide bonds. The molecule has 16 heavy (non-hydrogen) atoms. The van der Waals surface area contributed by atoms with Gasteiger partial charge in [0, 0.05) is 12.8 Å². The zero-order valence-corrected chi connectivity index (χ0v) is 9.27. The van der Waals surface area contributed by atoms with Crippen LogP contribution in [-0.2, 0) is 12.8 Å². The standard InChI is InChI=1S/C11H15N3O2/c1-2-9-8(5-7-15-9)11-13-10(14-16-11)4-3-6-12/h5,7H,2-4,6,12H2,1H3. The molecule has 5 nitrogen and oxygen atoms in total. The van der Waals surface area contributed by atoms with Gasteiger partial charge in [-0.05, 0) is 19.0 Å². The Hall–Kier alpha value is -1.62. The Morgan fingerprint density at radius 3 is 3.06 bits per heavy atom. The van der Waals surface area contributed by atoms with Crippen LogP contribution >= 0.6 is 0 Å². The number of hydrogen-bond donors (Lipinski definition) is 1. The van der Waals surface area contributed by atoms with Crippen molar-refractivity contribution in [2.75, 3.05) is 6.54 Å². The molecule has 0 aliphatic rings. The summed E-state index contributed by atoms with van der Waals surface area (Å²) in [4.78, 5) is 4.31. The van der Waals surface area contributed by atoms with Gasteiger partial charge in [0.2, 0.25) is 0 Å². The van der Waals surface area contributed by atoms with E-state index in [2.05, 4.69) is 10.1 Å². The van der Waals surface area contributed by atoms with Crippen LogP contribution in [0.25, 0.3) is 11.5 Å². The lowest BCUT2D eigenvalue weighted by Crippen LogP contribution is -2.01. The Morgan fingerprint density at radius 1 is 1.44 bits per heavy atom. The zero-order valence-electron chi connectivity index (χ0n) is 9.27. The minimum atomic E-state index is 0.526. The Balaban J connectivity index is 2.18. The van der Waals surface area contributed by atoms with Gasteiger partial charge >= 0.3 is 0 Å². The molecule has 0 atom stereocenters. The van der Waals surface area contributed by atoms with E-state index >= 15 is 0 Å². The molecule has 0 unspecified atom stereocenters. The topological polar surface area (TPSA) is 78.1 Å². The molecule has 2 N–H and O–H groups in total. The van der Waals surface area contributed by atoms with Crippen molar-refractivity contribution in [2.45, 2.75) is 26.2 Å². The molecule has 2 rings (SSSR count). The van der Waals surface area contributed by atoms with Gasteiger partial charge in [-0.15, -0.1) is 0 Å². The summed E-state index contributed by atoms with van der Waals surface area (Å²) in [5, 5.41) is 3.90. The summed E-state index contributed by atoms with van der Waals surface area (Å²) in [6.45, 7) is 2.66. The number of rotatable bonds is 5. The lowest BCUT2D eigenvalue weighted by molar-refractivity contribution is 0.420. The minimum Gasteiger partial charge on any atom is -0.469 e. The number of nitrogens with two attached hydrogens (primary N) is 1. The van der Waals surface area contributed by atoms with Gasteiger partial charge in [-0.3, -0.25) is 0 Å². The van der Waals surface area contributed by atoms with Crippen molar-refractivity contribution in [1.82, 2.24) is 10.1 Å². The molecular formula is C11H15N3O2. The molecule has 0 radical (unpaired) electrons. The first-order chi connectivity index (χ1) is 7.85. The predicted octanol–water partition coefficient (Wildman–Crippen LogP) is 1.78. The first-order valence-electron chi connectivity index (χ1n) is 5.44. The van der Waals surface area contributed by atoms with E-state index < -0.39 is 0 Å². The van der Waals surface area contributed by atoms with Gasteiger partial charge in [-0.1, -0.05) is 12.1 Å². The molecule has 5 heteroatoms. The van der Waals surface area contributed by atoms with Gasteiger partial charge in [0.1, 0.15) is 5.76 Å². The summed E-state index contributed by atoms with van der Waals surface area (Å²) in [5.74, 6) is 2.09. The quantitative estimate of drug-likeness (QED) is 0.832. The van der Waals surface area contributed by atoms with Crippen LogP contribution in [0.15, 0.2) is 21.3 Å². The van der Waals surface area contributed by atoms with Crippen LogP contribution < -0.4 is 5.73 Å². The molecule has 86 valence electrons. The van der Waals surface area contributed by atoms with E-state index in [1.54, 1.807) is 6.26 Å². The third-order valence-electron chi connectivity index (χ3n) is 2.37. The normalized spacial score (nSPS) is 10.9. The number of aromatic nitrogens is 2. The highest BCUT2D eigenvalue weighted by atomic mass is 16.5. The number of hydrogen-bond acceptors (Lipinski definition) is 5. The van der Waals surface area contributed by atoms with Crippen molar-refractivity contribution in [2.24, 2.45) is 5.73 Å². The molecule has 0 aromatic carbocycles. The fraction of sp³-hybridized carbons (Fsp3) is 0.455. The van der Waals surface area contributed by atoms with E-state index in [1.165, 1.54) is 0 Å². The van der Waals surface area contributed by atoms with Gasteiger partial charge in [0.25, 0.3) is 5.89 Å². The molecule has 0 spiro atoms. The fourth-order valence-corrected chi connectivity index (χ4v) is 1.53. The molecule has 0 bridgehead atoms. The van der Waals surface area contributed by atoms with E-state index in [0.717, 1.165) is 30.6 Å². The Morgan fingerprint density at radius 2 is 2.31 bits per heavy atom. The van der Waals surface area contributed by atoms with Crippen LogP contribution in [0.5, 0.6) is 0 Å². The second-order valence-electron chi connectivity index (χ2n) is 3.52. The third kappa shape index (κ3) is 2.14. The molecule has 0 aliphatic heterocycles. The fourth-order valence-electron chi connectivity index (χ4n) is 1.53. The van der Waals surface area contributed by atoms with E-state index in [4.69, 9.17) is 14.7 Å². The van der Waals surface area contributed by atoms with Crippen molar-refractivity contribution in [1.29, 1.82) is 0 Å². The average molecular weight is 221 g/mol. The van der Waals surface area contributed by atoms with E-state index in [0.29, 0.717) is 18.3 Å². The second kappa shape index (κ2) is 4.94. The number of nitrogens with zero attached hydrogens (tertiary/aromatic N) is 2. The molecular weight excluding hydrogens is 206 g/mol. The zero-order chi connectivity index (χ0) is 11.4. The predicted molar refractivity (Wildman–Crippen MR) is 58.8 cm³/mol. The third-order valence-corrected chi connectivity index (χ3v) is 2.37. The first kappa shape index (κ1) is 10.9. The first-order valence-corrected chi connectivity index (χ1v) is 5.44. The van der Waals surface area contributed by atoms with E-state index in [-0.39, 0.29) is 0 Å². The molecule has 2 heterocycles. The van der Waals surface area contributed by atoms with Crippen molar-refractivity contribution < 1.29 is 8.94 Å². The number of furan rings is 1. The van der Waals surface area contributed by atoms with Crippen molar-refractivity contribution in [3.05, 3.63) is 23.9 Å². The van der Waals surface area contributed by atoms with Crippen molar-refractivity contribution >= 4 is 0 Å². The summed E-state index contributed by atoms with van der Waals surface area (Å²) >= 11 is 0. The maximum Gasteiger partial charge on any atom is 0.261 e. The van der Waals surface area contributed by atoms with Gasteiger partial charge in [-0.25, -0.2) is 0 Å². The van der Waals surface area contributed by atoms with Gasteiger partial charge < -0.3 is 14.7 Å². The Bertz CT molecular complexity index is 448. The highest BCUT2D eigenvalue weighted by Crippen LogP contribution is 2.23. The molecule has 0 saturated carbocycles. The SMILES string of the molecule is CCc1occc1-c1nc(CCCN)no1. The van der Waals surface area contributed by atoms with Crippen LogP contribution in [0.4, 0.5) is 0 Å². The maximum atomic E-state index is 5.42. The van der Waals surface area contributed by atoms with Crippen molar-refractivity contribution in [3.8, 4) is 11.5 Å². The van der Waals surface area contributed by atoms with E-state index in [9.17, 15) is 0 Å². The summed E-state index contributed by atoms with van der Waals surface area (Å²) < 4.78 is 10.5. The minimum absolute atomic E-state index is 0.526. The molecule has 0 saturated heterocycles. The van der Waals surface area contributed by atoms with Crippen LogP contribution in [-0.4, -0.2) is 16.7 Å². The molecule has 0 fully saturated rings. The van der Waals surface area contributed by atoms with Gasteiger partial charge in [-0.2, -0.15) is 4.98 Å². The number of aryl methyl sites for hydroxylation is 2. The van der Waals surface area contributed by atoms with Crippen LogP contribution in [0, 0.1) is 0 Å². The summed E-state index contributed by atoms with van der Waals surface area (Å²) in [5.41, 5.74) is 6.31. The lowest BCUT2D eigenvalue weighted by Gasteiger charge is -1.92. The Kier molecular flexibility index (Phi) is 3.36. The molecule has 2 aromatic rings. The monoisotopic (exact) mass is 221 g/mol. The average Bonchev–Trinajstić information content (AvgIpc) is 2.94. The highest BCUT2D eigenvalue weighted by molar-refractivity contribution is 5.55. The smallest absolute Gasteiger partial charge is 0.261 e. The molecule has 0 aliphatic carbocycles. The largest absolute Gasteiger partial charge is 0.469 e. The highest BCUT2D eigenvalue weighted by Gasteiger charge is 2.14. The maximum absolute atomic E-state index is 5.42. The van der Waals surface area contributed by atoms with Crippen LogP contribution in [0.1, 0.15) is 24.9 Å². The summed E-state index contributed by atoms with van der Waals surface area (Å²) in [6, 6.07) is 1.85. The lowest BCUT2D eigenvalue weighted by atomic mass is 10.2. The van der Waals surface area contributed by atoms with Crippen LogP contribution in [0.3, 0.4) is 0 Å². The van der Waals surface area contributed by atoms with E-state index in [1.807, 2.05) is 13.0 Å². The molecule has 2 aromatic heterocycles. The second-order valence-corrected chi connectivity index (χ2v) is 3.52.